The molecule has 3 aromatic rings. The van der Waals surface area contributed by atoms with Crippen molar-refractivity contribution in [2.24, 2.45) is 0 Å². The highest BCUT2D eigenvalue weighted by Gasteiger charge is 2.16. The maximum absolute atomic E-state index is 12.2. The maximum Gasteiger partial charge on any atom is 0.345 e. The van der Waals surface area contributed by atoms with E-state index in [4.69, 9.17) is 9.47 Å². The van der Waals surface area contributed by atoms with Gasteiger partial charge in [0.25, 0.3) is 0 Å². The molecule has 0 aliphatic carbocycles. The molecule has 0 amide bonds. The lowest BCUT2D eigenvalue weighted by Crippen LogP contribution is -2.11. The lowest BCUT2D eigenvalue weighted by Gasteiger charge is -2.12. The van der Waals surface area contributed by atoms with E-state index in [-0.39, 0.29) is 12.2 Å². The number of nitrogens with one attached hydrogen (secondary N) is 1. The molecule has 148 valence electrons. The van der Waals surface area contributed by atoms with Crippen LogP contribution in [0.4, 0.5) is 11.5 Å². The van der Waals surface area contributed by atoms with Gasteiger partial charge in [0.05, 0.1) is 12.2 Å². The first kappa shape index (κ1) is 20.3. The number of esters is 2. The number of rotatable bonds is 7. The van der Waals surface area contributed by atoms with Crippen LogP contribution in [0.2, 0.25) is 0 Å². The SMILES string of the molecule is CCOC(=O)c1cnc(SC)nc1Nc1cccc(OC(=O)c2cccnc2)c1. The number of ether oxygens (including phenoxy) is 2. The number of thioether (sulfide) groups is 1. The van der Waals surface area contributed by atoms with E-state index < -0.39 is 11.9 Å². The fourth-order valence-corrected chi connectivity index (χ4v) is 2.68. The first-order valence-electron chi connectivity index (χ1n) is 8.68. The molecule has 0 spiro atoms. The van der Waals surface area contributed by atoms with Crippen molar-refractivity contribution in [3.8, 4) is 5.75 Å². The summed E-state index contributed by atoms with van der Waals surface area (Å²) < 4.78 is 10.5. The van der Waals surface area contributed by atoms with E-state index in [1.807, 2.05) is 6.26 Å². The van der Waals surface area contributed by atoms with Crippen molar-refractivity contribution in [1.29, 1.82) is 0 Å². The molecule has 0 aliphatic heterocycles. The minimum atomic E-state index is -0.526. The third-order valence-electron chi connectivity index (χ3n) is 3.65. The number of carbonyl (C=O) groups is 2. The fraction of sp³-hybridized carbons (Fsp3) is 0.150. The van der Waals surface area contributed by atoms with Gasteiger partial charge in [0.2, 0.25) is 0 Å². The highest BCUT2D eigenvalue weighted by atomic mass is 32.2. The molecular weight excluding hydrogens is 392 g/mol. The largest absolute Gasteiger partial charge is 0.462 e. The van der Waals surface area contributed by atoms with Crippen molar-refractivity contribution in [2.45, 2.75) is 12.1 Å². The van der Waals surface area contributed by atoms with Crippen LogP contribution in [-0.4, -0.2) is 39.8 Å². The van der Waals surface area contributed by atoms with Crippen LogP contribution in [0.15, 0.2) is 60.1 Å². The van der Waals surface area contributed by atoms with Crippen LogP contribution in [0.3, 0.4) is 0 Å². The lowest BCUT2D eigenvalue weighted by molar-refractivity contribution is 0.0526. The van der Waals surface area contributed by atoms with E-state index >= 15 is 0 Å². The molecule has 2 aromatic heterocycles. The lowest BCUT2D eigenvalue weighted by atomic mass is 10.2. The quantitative estimate of drug-likeness (QED) is 0.270. The molecule has 0 aliphatic rings. The Morgan fingerprint density at radius 1 is 1.14 bits per heavy atom. The smallest absolute Gasteiger partial charge is 0.345 e. The van der Waals surface area contributed by atoms with Crippen molar-refractivity contribution in [1.82, 2.24) is 15.0 Å². The van der Waals surface area contributed by atoms with Gasteiger partial charge in [0.15, 0.2) is 5.16 Å². The highest BCUT2D eigenvalue weighted by Crippen LogP contribution is 2.25. The maximum atomic E-state index is 12.2. The van der Waals surface area contributed by atoms with Gasteiger partial charge in [-0.2, -0.15) is 0 Å². The van der Waals surface area contributed by atoms with Gasteiger partial charge in [-0.25, -0.2) is 19.6 Å². The van der Waals surface area contributed by atoms with E-state index in [1.54, 1.807) is 49.5 Å². The van der Waals surface area contributed by atoms with E-state index in [0.29, 0.717) is 28.0 Å². The molecule has 0 saturated heterocycles. The fourth-order valence-electron chi connectivity index (χ4n) is 2.34. The van der Waals surface area contributed by atoms with Crippen molar-refractivity contribution in [3.05, 3.63) is 66.1 Å². The zero-order chi connectivity index (χ0) is 20.6. The average Bonchev–Trinajstić information content (AvgIpc) is 2.74. The number of anilines is 2. The topological polar surface area (TPSA) is 103 Å². The summed E-state index contributed by atoms with van der Waals surface area (Å²) in [7, 11) is 0. The number of hydrogen-bond acceptors (Lipinski definition) is 9. The summed E-state index contributed by atoms with van der Waals surface area (Å²) in [6, 6.07) is 10.0. The Morgan fingerprint density at radius 3 is 2.72 bits per heavy atom. The second kappa shape index (κ2) is 9.65. The van der Waals surface area contributed by atoms with Crippen LogP contribution in [0.1, 0.15) is 27.6 Å². The van der Waals surface area contributed by atoms with Gasteiger partial charge in [0, 0.05) is 30.3 Å². The van der Waals surface area contributed by atoms with Gasteiger partial charge in [-0.05, 0) is 37.4 Å². The first-order valence-corrected chi connectivity index (χ1v) is 9.90. The molecular formula is C20H18N4O4S. The zero-order valence-electron chi connectivity index (χ0n) is 15.8. The van der Waals surface area contributed by atoms with Crippen LogP contribution < -0.4 is 10.1 Å². The van der Waals surface area contributed by atoms with Gasteiger partial charge in [-0.1, -0.05) is 17.8 Å². The molecule has 0 radical (unpaired) electrons. The number of pyridine rings is 1. The standard InChI is InChI=1S/C20H18N4O4S/c1-3-27-19(26)16-12-22-20(29-2)24-17(16)23-14-7-4-8-15(10-14)28-18(25)13-6-5-9-21-11-13/h4-12H,3H2,1-2H3,(H,22,23,24). The summed E-state index contributed by atoms with van der Waals surface area (Å²) in [6.07, 6.45) is 6.26. The number of carbonyl (C=O) groups excluding carboxylic acids is 2. The van der Waals surface area contributed by atoms with Gasteiger partial charge >= 0.3 is 11.9 Å². The Morgan fingerprint density at radius 2 is 2.00 bits per heavy atom. The third-order valence-corrected chi connectivity index (χ3v) is 4.21. The predicted octanol–water partition coefficient (Wildman–Crippen LogP) is 3.73. The van der Waals surface area contributed by atoms with Crippen LogP contribution in [0.25, 0.3) is 0 Å². The minimum Gasteiger partial charge on any atom is -0.462 e. The van der Waals surface area contributed by atoms with Gasteiger partial charge in [-0.15, -0.1) is 0 Å². The van der Waals surface area contributed by atoms with Crippen LogP contribution in [0.5, 0.6) is 5.75 Å². The number of hydrogen-bond donors (Lipinski definition) is 1. The molecule has 29 heavy (non-hydrogen) atoms. The number of aromatic nitrogens is 3. The molecule has 2 heterocycles. The summed E-state index contributed by atoms with van der Waals surface area (Å²) >= 11 is 1.35. The van der Waals surface area contributed by atoms with E-state index in [1.165, 1.54) is 24.2 Å². The second-order valence-corrected chi connectivity index (χ2v) is 6.40. The van der Waals surface area contributed by atoms with E-state index in [2.05, 4.69) is 20.3 Å². The van der Waals surface area contributed by atoms with Gasteiger partial charge in [-0.3, -0.25) is 4.98 Å². The number of nitrogens with zero attached hydrogens (tertiary/aromatic N) is 3. The molecule has 9 heteroatoms. The second-order valence-electron chi connectivity index (χ2n) is 5.62. The first-order chi connectivity index (χ1) is 14.1. The molecule has 0 unspecified atom stereocenters. The highest BCUT2D eigenvalue weighted by molar-refractivity contribution is 7.98. The van der Waals surface area contributed by atoms with E-state index in [9.17, 15) is 9.59 Å². The Hall–Kier alpha value is -3.46. The normalized spacial score (nSPS) is 10.3. The molecule has 8 nitrogen and oxygen atoms in total. The van der Waals surface area contributed by atoms with Crippen LogP contribution in [-0.2, 0) is 4.74 Å². The zero-order valence-corrected chi connectivity index (χ0v) is 16.6. The van der Waals surface area contributed by atoms with Crippen LogP contribution in [0, 0.1) is 0 Å². The Kier molecular flexibility index (Phi) is 6.75. The minimum absolute atomic E-state index is 0.211. The predicted molar refractivity (Wildman–Crippen MR) is 109 cm³/mol. The Labute approximate surface area is 171 Å². The molecule has 0 fully saturated rings. The van der Waals surface area contributed by atoms with Crippen molar-refractivity contribution in [2.75, 3.05) is 18.2 Å². The molecule has 1 aromatic carbocycles. The van der Waals surface area contributed by atoms with Crippen LogP contribution >= 0.6 is 11.8 Å². The third kappa shape index (κ3) is 5.29. The molecule has 1 N–H and O–H groups in total. The van der Waals surface area contributed by atoms with E-state index in [0.717, 1.165) is 0 Å². The molecule has 0 bridgehead atoms. The van der Waals surface area contributed by atoms with Gasteiger partial charge in [0.1, 0.15) is 17.1 Å². The van der Waals surface area contributed by atoms with Crippen molar-refractivity contribution < 1.29 is 19.1 Å². The molecule has 0 atom stereocenters. The summed E-state index contributed by atoms with van der Waals surface area (Å²) in [4.78, 5) is 36.8. The van der Waals surface area contributed by atoms with Crippen molar-refractivity contribution in [3.63, 3.8) is 0 Å². The van der Waals surface area contributed by atoms with Crippen molar-refractivity contribution >= 4 is 35.2 Å². The summed E-state index contributed by atoms with van der Waals surface area (Å²) in [6.45, 7) is 1.96. The average molecular weight is 410 g/mol. The molecule has 3 rings (SSSR count). The van der Waals surface area contributed by atoms with Gasteiger partial charge < -0.3 is 14.8 Å². The Bertz CT molecular complexity index is 1010. The Balaban J connectivity index is 1.83. The molecule has 0 saturated carbocycles. The summed E-state index contributed by atoms with van der Waals surface area (Å²) in [5.41, 5.74) is 1.14. The number of benzene rings is 1. The monoisotopic (exact) mass is 410 g/mol. The summed E-state index contributed by atoms with van der Waals surface area (Å²) in [5.74, 6) is -0.407. The summed E-state index contributed by atoms with van der Waals surface area (Å²) in [5, 5.41) is 3.57.